The number of carbonyl (C=O) groups is 2. The molecule has 2 rings (SSSR count). The van der Waals surface area contributed by atoms with Crippen LogP contribution in [0, 0.1) is 0 Å². The van der Waals surface area contributed by atoms with Crippen molar-refractivity contribution in [1.29, 1.82) is 0 Å². The van der Waals surface area contributed by atoms with Crippen molar-refractivity contribution in [1.82, 2.24) is 4.90 Å². The van der Waals surface area contributed by atoms with Crippen LogP contribution in [0.2, 0.25) is 5.02 Å². The van der Waals surface area contributed by atoms with E-state index in [1.54, 1.807) is 12.1 Å². The van der Waals surface area contributed by atoms with Gasteiger partial charge in [-0.25, -0.2) is 9.69 Å². The van der Waals surface area contributed by atoms with Gasteiger partial charge in [-0.05, 0) is 37.0 Å². The molecule has 0 bridgehead atoms. The quantitative estimate of drug-likeness (QED) is 0.896. The molecule has 1 aliphatic heterocycles. The second-order valence-corrected chi connectivity index (χ2v) is 4.86. The van der Waals surface area contributed by atoms with Gasteiger partial charge in [0.2, 0.25) is 5.91 Å². The Bertz CT molecular complexity index is 458. The third kappa shape index (κ3) is 2.82. The molecule has 1 aliphatic rings. The van der Waals surface area contributed by atoms with Gasteiger partial charge >= 0.3 is 6.09 Å². The van der Waals surface area contributed by atoms with E-state index < -0.39 is 6.09 Å². The Kier molecular flexibility index (Phi) is 3.87. The predicted molar refractivity (Wildman–Crippen MR) is 67.7 cm³/mol. The second kappa shape index (κ2) is 5.40. The van der Waals surface area contributed by atoms with Crippen LogP contribution in [0.15, 0.2) is 24.3 Å². The number of nitrogens with zero attached hydrogens (tertiary/aromatic N) is 1. The van der Waals surface area contributed by atoms with E-state index in [0.717, 1.165) is 23.3 Å². The Hall–Kier alpha value is -1.55. The van der Waals surface area contributed by atoms with Crippen LogP contribution in [0.1, 0.15) is 24.8 Å². The van der Waals surface area contributed by atoms with E-state index in [4.69, 9.17) is 16.7 Å². The summed E-state index contributed by atoms with van der Waals surface area (Å²) in [6.45, 7) is 0. The van der Waals surface area contributed by atoms with Crippen molar-refractivity contribution < 1.29 is 14.7 Å². The van der Waals surface area contributed by atoms with E-state index in [1.807, 2.05) is 12.1 Å². The summed E-state index contributed by atoms with van der Waals surface area (Å²) in [5, 5.41) is 9.73. The minimum atomic E-state index is -1.15. The fourth-order valence-electron chi connectivity index (χ4n) is 2.29. The summed E-state index contributed by atoms with van der Waals surface area (Å²) in [7, 11) is 0. The summed E-state index contributed by atoms with van der Waals surface area (Å²) in [6.07, 6.45) is 1.19. The molecule has 18 heavy (non-hydrogen) atoms. The molecule has 1 atom stereocenters. The minimum Gasteiger partial charge on any atom is -0.465 e. The minimum absolute atomic E-state index is 0.259. The molecule has 0 radical (unpaired) electrons. The number of rotatable bonds is 2. The number of amides is 2. The highest BCUT2D eigenvalue weighted by Gasteiger charge is 2.32. The highest BCUT2D eigenvalue weighted by atomic mass is 35.5. The Morgan fingerprint density at radius 1 is 1.39 bits per heavy atom. The third-order valence-electron chi connectivity index (χ3n) is 3.15. The number of halogens is 1. The second-order valence-electron chi connectivity index (χ2n) is 4.42. The summed E-state index contributed by atoms with van der Waals surface area (Å²) in [4.78, 5) is 23.7. The fraction of sp³-hybridized carbons (Fsp3) is 0.385. The monoisotopic (exact) mass is 267 g/mol. The van der Waals surface area contributed by atoms with Crippen LogP contribution >= 0.6 is 11.6 Å². The third-order valence-corrected chi connectivity index (χ3v) is 3.40. The lowest BCUT2D eigenvalue weighted by molar-refractivity contribution is -0.133. The van der Waals surface area contributed by atoms with Crippen molar-refractivity contribution in [2.24, 2.45) is 0 Å². The summed E-state index contributed by atoms with van der Waals surface area (Å²) < 4.78 is 0. The lowest BCUT2D eigenvalue weighted by Gasteiger charge is -2.31. The van der Waals surface area contributed by atoms with E-state index in [1.165, 1.54) is 0 Å². The van der Waals surface area contributed by atoms with Crippen molar-refractivity contribution in [2.75, 3.05) is 0 Å². The number of carbonyl (C=O) groups excluding carboxylic acids is 1. The van der Waals surface area contributed by atoms with Crippen LogP contribution < -0.4 is 0 Å². The maximum Gasteiger partial charge on any atom is 0.414 e. The van der Waals surface area contributed by atoms with Gasteiger partial charge in [0, 0.05) is 17.5 Å². The van der Waals surface area contributed by atoms with Crippen LogP contribution in [0.3, 0.4) is 0 Å². The molecule has 0 aromatic heterocycles. The van der Waals surface area contributed by atoms with Crippen molar-refractivity contribution in [3.05, 3.63) is 34.9 Å². The zero-order valence-electron chi connectivity index (χ0n) is 9.80. The number of piperidine rings is 1. The van der Waals surface area contributed by atoms with Gasteiger partial charge in [-0.1, -0.05) is 23.7 Å². The van der Waals surface area contributed by atoms with E-state index >= 15 is 0 Å². The molecular weight excluding hydrogens is 254 g/mol. The van der Waals surface area contributed by atoms with Crippen molar-refractivity contribution in [3.63, 3.8) is 0 Å². The van der Waals surface area contributed by atoms with Gasteiger partial charge in [0.1, 0.15) is 0 Å². The first-order valence-electron chi connectivity index (χ1n) is 5.87. The summed E-state index contributed by atoms with van der Waals surface area (Å²) in [5.41, 5.74) is 0.991. The molecule has 0 aliphatic carbocycles. The fourth-order valence-corrected chi connectivity index (χ4v) is 2.42. The number of hydrogen-bond donors (Lipinski definition) is 1. The largest absolute Gasteiger partial charge is 0.465 e. The number of hydrogen-bond acceptors (Lipinski definition) is 2. The Morgan fingerprint density at radius 3 is 2.67 bits per heavy atom. The molecule has 1 N–H and O–H groups in total. The average molecular weight is 268 g/mol. The van der Waals surface area contributed by atoms with Gasteiger partial charge in [-0.2, -0.15) is 0 Å². The van der Waals surface area contributed by atoms with E-state index in [-0.39, 0.29) is 11.9 Å². The zero-order chi connectivity index (χ0) is 13.1. The van der Waals surface area contributed by atoms with Gasteiger partial charge in [0.15, 0.2) is 0 Å². The lowest BCUT2D eigenvalue weighted by Crippen LogP contribution is -2.47. The normalized spacial score (nSPS) is 19.9. The van der Waals surface area contributed by atoms with Gasteiger partial charge in [-0.15, -0.1) is 0 Å². The molecule has 1 aromatic carbocycles. The summed E-state index contributed by atoms with van der Waals surface area (Å²) in [6, 6.07) is 7.01. The molecule has 1 saturated heterocycles. The Labute approximate surface area is 110 Å². The molecule has 1 fully saturated rings. The molecule has 1 heterocycles. The molecule has 5 heteroatoms. The van der Waals surface area contributed by atoms with Crippen molar-refractivity contribution >= 4 is 23.6 Å². The highest BCUT2D eigenvalue weighted by Crippen LogP contribution is 2.22. The van der Waals surface area contributed by atoms with E-state index in [0.29, 0.717) is 17.9 Å². The summed E-state index contributed by atoms with van der Waals surface area (Å²) in [5.74, 6) is -0.298. The topological polar surface area (TPSA) is 57.6 Å². The smallest absolute Gasteiger partial charge is 0.414 e. The van der Waals surface area contributed by atoms with E-state index in [2.05, 4.69) is 0 Å². The zero-order valence-corrected chi connectivity index (χ0v) is 10.6. The van der Waals surface area contributed by atoms with Crippen molar-refractivity contribution in [2.45, 2.75) is 31.7 Å². The van der Waals surface area contributed by atoms with Crippen LogP contribution in [0.4, 0.5) is 4.79 Å². The first-order valence-corrected chi connectivity index (χ1v) is 6.25. The van der Waals surface area contributed by atoms with Crippen LogP contribution in [0.25, 0.3) is 0 Å². The predicted octanol–water partition coefficient (Wildman–Crippen LogP) is 2.94. The van der Waals surface area contributed by atoms with Crippen LogP contribution in [0.5, 0.6) is 0 Å². The molecule has 0 spiro atoms. The van der Waals surface area contributed by atoms with Gasteiger partial charge in [-0.3, -0.25) is 4.79 Å². The first-order chi connectivity index (χ1) is 8.58. The maximum absolute atomic E-state index is 11.6. The SMILES string of the molecule is O=C(O)N1C(=O)CCCC1Cc1ccc(Cl)cc1. The Morgan fingerprint density at radius 2 is 2.06 bits per heavy atom. The van der Waals surface area contributed by atoms with Crippen molar-refractivity contribution in [3.8, 4) is 0 Å². The number of imide groups is 1. The van der Waals surface area contributed by atoms with Gasteiger partial charge < -0.3 is 5.11 Å². The molecule has 4 nitrogen and oxygen atoms in total. The van der Waals surface area contributed by atoms with Gasteiger partial charge in [0.05, 0.1) is 0 Å². The van der Waals surface area contributed by atoms with Gasteiger partial charge in [0.25, 0.3) is 0 Å². The molecule has 96 valence electrons. The number of benzene rings is 1. The average Bonchev–Trinajstić information content (AvgIpc) is 2.32. The van der Waals surface area contributed by atoms with Crippen LogP contribution in [-0.4, -0.2) is 28.0 Å². The number of likely N-dealkylation sites (tertiary alicyclic amines) is 1. The lowest BCUT2D eigenvalue weighted by atomic mass is 9.95. The number of carboxylic acid groups (broad SMARTS) is 1. The molecule has 1 unspecified atom stereocenters. The van der Waals surface area contributed by atoms with E-state index in [9.17, 15) is 9.59 Å². The first kappa shape index (κ1) is 12.9. The highest BCUT2D eigenvalue weighted by molar-refractivity contribution is 6.30. The molecule has 1 aromatic rings. The molecular formula is C13H14ClNO3. The standard InChI is InChI=1S/C13H14ClNO3/c14-10-6-4-9(5-7-10)8-11-2-1-3-12(16)15(11)13(17)18/h4-7,11H,1-3,8H2,(H,17,18). The molecule has 0 saturated carbocycles. The maximum atomic E-state index is 11.6. The summed E-state index contributed by atoms with van der Waals surface area (Å²) >= 11 is 5.80. The molecule has 2 amide bonds. The Balaban J connectivity index is 2.13. The van der Waals surface area contributed by atoms with Crippen LogP contribution in [-0.2, 0) is 11.2 Å².